The zero-order valence-electron chi connectivity index (χ0n) is 12.5. The van der Waals surface area contributed by atoms with Crippen molar-refractivity contribution in [2.45, 2.75) is 65.5 Å². The Hall–Kier alpha value is 0.0249. The summed E-state index contributed by atoms with van der Waals surface area (Å²) in [6.45, 7) is 12.5. The smallest absolute Gasteiger partial charge is 0.298 e. The van der Waals surface area contributed by atoms with Crippen LogP contribution in [0.5, 0.6) is 0 Å². The van der Waals surface area contributed by atoms with Gasteiger partial charge in [-0.2, -0.15) is 0 Å². The van der Waals surface area contributed by atoms with Crippen molar-refractivity contribution in [2.75, 3.05) is 7.11 Å². The minimum atomic E-state index is 0.483. The third-order valence-electron chi connectivity index (χ3n) is 6.31. The van der Waals surface area contributed by atoms with Crippen LogP contribution in [-0.4, -0.2) is 14.0 Å². The monoisotopic (exact) mass is 236 g/mol. The highest BCUT2D eigenvalue weighted by Gasteiger charge is 2.58. The lowest BCUT2D eigenvalue weighted by atomic mass is 9.32. The van der Waals surface area contributed by atoms with Crippen molar-refractivity contribution < 1.29 is 4.65 Å². The molecule has 0 radical (unpaired) electrons. The second kappa shape index (κ2) is 4.61. The summed E-state index contributed by atoms with van der Waals surface area (Å²) < 4.78 is 5.85. The first kappa shape index (κ1) is 13.5. The molecule has 5 unspecified atom stereocenters. The lowest BCUT2D eigenvalue weighted by Crippen LogP contribution is -2.56. The van der Waals surface area contributed by atoms with E-state index in [0.717, 1.165) is 23.6 Å². The largest absolute Gasteiger partial charge is 0.438 e. The lowest BCUT2D eigenvalue weighted by molar-refractivity contribution is -0.101. The van der Waals surface area contributed by atoms with E-state index < -0.39 is 0 Å². The van der Waals surface area contributed by atoms with Gasteiger partial charge in [-0.3, -0.25) is 0 Å². The van der Waals surface area contributed by atoms with Crippen molar-refractivity contribution in [3.05, 3.63) is 0 Å². The minimum absolute atomic E-state index is 0.483. The second-order valence-corrected chi connectivity index (χ2v) is 7.21. The van der Waals surface area contributed by atoms with Crippen LogP contribution in [0.2, 0.25) is 11.6 Å². The Kier molecular flexibility index (Phi) is 3.65. The van der Waals surface area contributed by atoms with Crippen LogP contribution in [0.3, 0.4) is 0 Å². The van der Waals surface area contributed by atoms with Crippen molar-refractivity contribution in [2.24, 2.45) is 23.2 Å². The van der Waals surface area contributed by atoms with Gasteiger partial charge < -0.3 is 4.65 Å². The van der Waals surface area contributed by atoms with Gasteiger partial charge in [0.25, 0.3) is 6.92 Å². The lowest BCUT2D eigenvalue weighted by Gasteiger charge is -2.63. The molecule has 2 heteroatoms. The van der Waals surface area contributed by atoms with E-state index in [2.05, 4.69) is 34.6 Å². The molecule has 3 saturated carbocycles. The van der Waals surface area contributed by atoms with Crippen molar-refractivity contribution in [1.29, 1.82) is 0 Å². The molecule has 5 atom stereocenters. The Morgan fingerprint density at radius 1 is 1.35 bits per heavy atom. The van der Waals surface area contributed by atoms with Crippen LogP contribution in [0.25, 0.3) is 0 Å². The predicted molar refractivity (Wildman–Crippen MR) is 75.4 cm³/mol. The maximum atomic E-state index is 5.85. The van der Waals surface area contributed by atoms with Crippen LogP contribution >= 0.6 is 0 Å². The Balaban J connectivity index is 2.09. The van der Waals surface area contributed by atoms with Gasteiger partial charge in [-0.1, -0.05) is 47.5 Å². The highest BCUT2D eigenvalue weighted by atomic mass is 16.4. The first-order chi connectivity index (χ1) is 7.93. The van der Waals surface area contributed by atoms with Gasteiger partial charge in [-0.05, 0) is 41.2 Å². The molecule has 0 aromatic rings. The third kappa shape index (κ3) is 1.97. The first-order valence-corrected chi connectivity index (χ1v) is 7.46. The van der Waals surface area contributed by atoms with E-state index in [1.54, 1.807) is 0 Å². The number of fused-ring (bicyclic) bond motifs is 2. The minimum Gasteiger partial charge on any atom is -0.438 e. The molecule has 3 fully saturated rings. The molecule has 0 aromatic carbocycles. The fraction of sp³-hybridized carbons (Fsp3) is 1.00. The summed E-state index contributed by atoms with van der Waals surface area (Å²) in [5.74, 6) is 4.23. The van der Waals surface area contributed by atoms with E-state index in [0.29, 0.717) is 18.1 Å². The first-order valence-electron chi connectivity index (χ1n) is 7.46. The van der Waals surface area contributed by atoms with Crippen LogP contribution in [-0.2, 0) is 4.65 Å². The Labute approximate surface area is 108 Å². The molecule has 1 nitrogen and oxygen atoms in total. The molecular weight excluding hydrogens is 207 g/mol. The van der Waals surface area contributed by atoms with Crippen LogP contribution in [0.1, 0.15) is 53.9 Å². The van der Waals surface area contributed by atoms with Gasteiger partial charge in [0, 0.05) is 7.11 Å². The third-order valence-corrected chi connectivity index (χ3v) is 6.31. The standard InChI is InChI=1S/C15H29BO/c1-7-10(2)16(17-6)14-9-12-8-13(11(14)3)15(12,4)5/h10-14H,7-9H2,1-6H3. The van der Waals surface area contributed by atoms with Crippen molar-refractivity contribution in [1.82, 2.24) is 0 Å². The van der Waals surface area contributed by atoms with Crippen LogP contribution in [0.15, 0.2) is 0 Å². The van der Waals surface area contributed by atoms with Crippen molar-refractivity contribution >= 4 is 6.92 Å². The van der Waals surface area contributed by atoms with Crippen molar-refractivity contribution in [3.63, 3.8) is 0 Å². The summed E-state index contributed by atoms with van der Waals surface area (Å²) in [7, 11) is 1.91. The fourth-order valence-electron chi connectivity index (χ4n) is 4.68. The summed E-state index contributed by atoms with van der Waals surface area (Å²) in [5.41, 5.74) is 0.601. The van der Waals surface area contributed by atoms with Crippen molar-refractivity contribution in [3.8, 4) is 0 Å². The van der Waals surface area contributed by atoms with E-state index in [1.165, 1.54) is 19.3 Å². The SMILES string of the molecule is CCC(C)B(OC)C1CC2CC(C1C)C2(C)C. The number of hydrogen-bond donors (Lipinski definition) is 0. The highest BCUT2D eigenvalue weighted by molar-refractivity contribution is 6.55. The van der Waals surface area contributed by atoms with E-state index in [1.807, 2.05) is 7.11 Å². The molecule has 0 aliphatic heterocycles. The van der Waals surface area contributed by atoms with Crippen LogP contribution in [0.4, 0.5) is 0 Å². The molecule has 0 spiro atoms. The molecule has 3 rings (SSSR count). The maximum absolute atomic E-state index is 5.85. The van der Waals surface area contributed by atoms with Crippen LogP contribution in [0, 0.1) is 23.2 Å². The fourth-order valence-corrected chi connectivity index (χ4v) is 4.68. The summed E-state index contributed by atoms with van der Waals surface area (Å²) in [4.78, 5) is 0. The number of rotatable bonds is 4. The van der Waals surface area contributed by atoms with Gasteiger partial charge in [0.15, 0.2) is 0 Å². The van der Waals surface area contributed by atoms with Crippen LogP contribution < -0.4 is 0 Å². The molecule has 98 valence electrons. The van der Waals surface area contributed by atoms with Gasteiger partial charge >= 0.3 is 0 Å². The summed E-state index contributed by atoms with van der Waals surface area (Å²) in [6.07, 6.45) is 4.11. The molecule has 0 N–H and O–H groups in total. The highest BCUT2D eigenvalue weighted by Crippen LogP contribution is 2.65. The normalized spacial score (nSPS) is 40.6. The molecule has 0 saturated heterocycles. The molecular formula is C15H29BO. The topological polar surface area (TPSA) is 9.23 Å². The van der Waals surface area contributed by atoms with Gasteiger partial charge in [-0.15, -0.1) is 0 Å². The van der Waals surface area contributed by atoms with Gasteiger partial charge in [0.1, 0.15) is 0 Å². The zero-order chi connectivity index (χ0) is 12.8. The average Bonchev–Trinajstić information content (AvgIpc) is 2.30. The predicted octanol–water partition coefficient (Wildman–Crippen LogP) is 4.50. The summed E-state index contributed by atoms with van der Waals surface area (Å²) in [6, 6.07) is 0. The molecule has 0 amide bonds. The number of hydrogen-bond acceptors (Lipinski definition) is 1. The average molecular weight is 236 g/mol. The van der Waals surface area contributed by atoms with E-state index in [9.17, 15) is 0 Å². The molecule has 3 aliphatic rings. The quantitative estimate of drug-likeness (QED) is 0.653. The molecule has 3 aliphatic carbocycles. The Morgan fingerprint density at radius 2 is 2.00 bits per heavy atom. The molecule has 17 heavy (non-hydrogen) atoms. The van der Waals surface area contributed by atoms with E-state index in [-0.39, 0.29) is 0 Å². The van der Waals surface area contributed by atoms with Gasteiger partial charge in [-0.25, -0.2) is 0 Å². The van der Waals surface area contributed by atoms with Gasteiger partial charge in [0.2, 0.25) is 0 Å². The summed E-state index contributed by atoms with van der Waals surface area (Å²) >= 11 is 0. The summed E-state index contributed by atoms with van der Waals surface area (Å²) in [5, 5.41) is 0. The maximum Gasteiger partial charge on any atom is 0.298 e. The Morgan fingerprint density at radius 3 is 2.41 bits per heavy atom. The van der Waals surface area contributed by atoms with Gasteiger partial charge in [0.05, 0.1) is 0 Å². The zero-order valence-corrected chi connectivity index (χ0v) is 12.5. The van der Waals surface area contributed by atoms with E-state index >= 15 is 0 Å². The Bertz CT molecular complexity index is 276. The molecule has 2 bridgehead atoms. The van der Waals surface area contributed by atoms with E-state index in [4.69, 9.17) is 4.65 Å². The second-order valence-electron chi connectivity index (χ2n) is 7.21. The molecule has 0 aromatic heterocycles. The molecule has 0 heterocycles.